The van der Waals surface area contributed by atoms with Crippen molar-refractivity contribution < 1.29 is 9.53 Å². The molecule has 3 N–H and O–H groups in total. The van der Waals surface area contributed by atoms with Crippen molar-refractivity contribution >= 4 is 11.6 Å². The van der Waals surface area contributed by atoms with Gasteiger partial charge in [0.2, 0.25) is 5.91 Å². The number of amides is 1. The standard InChI is InChI=1S/C16H25N3O2/c1-12(16(20)18-13-7-8-13)19(10-4-9-17)14-5-3-6-15(11-14)21-2/h3,5-6,11-13H,4,7-10,17H2,1-2H3,(H,18,20). The van der Waals surface area contributed by atoms with Crippen LogP contribution in [0.3, 0.4) is 0 Å². The number of ether oxygens (including phenoxy) is 1. The zero-order chi connectivity index (χ0) is 15.2. The summed E-state index contributed by atoms with van der Waals surface area (Å²) in [6, 6.07) is 7.96. The fourth-order valence-electron chi connectivity index (χ4n) is 2.29. The summed E-state index contributed by atoms with van der Waals surface area (Å²) < 4.78 is 5.27. The molecule has 1 amide bonds. The molecule has 1 unspecified atom stereocenters. The minimum Gasteiger partial charge on any atom is -0.497 e. The van der Waals surface area contributed by atoms with Crippen molar-refractivity contribution in [2.75, 3.05) is 25.1 Å². The summed E-state index contributed by atoms with van der Waals surface area (Å²) in [7, 11) is 1.65. The van der Waals surface area contributed by atoms with E-state index in [0.29, 0.717) is 12.6 Å². The fraction of sp³-hybridized carbons (Fsp3) is 0.562. The lowest BCUT2D eigenvalue weighted by Crippen LogP contribution is -2.46. The van der Waals surface area contributed by atoms with Crippen LogP contribution in [0.2, 0.25) is 0 Å². The van der Waals surface area contributed by atoms with Crippen molar-refractivity contribution in [1.82, 2.24) is 5.32 Å². The minimum atomic E-state index is -0.218. The van der Waals surface area contributed by atoms with Gasteiger partial charge in [0.25, 0.3) is 0 Å². The normalized spacial score (nSPS) is 15.4. The average molecular weight is 291 g/mol. The van der Waals surface area contributed by atoms with E-state index in [-0.39, 0.29) is 11.9 Å². The number of benzene rings is 1. The van der Waals surface area contributed by atoms with Gasteiger partial charge in [-0.25, -0.2) is 0 Å². The van der Waals surface area contributed by atoms with Gasteiger partial charge in [0.1, 0.15) is 11.8 Å². The van der Waals surface area contributed by atoms with E-state index in [2.05, 4.69) is 10.2 Å². The maximum Gasteiger partial charge on any atom is 0.242 e. The van der Waals surface area contributed by atoms with Crippen LogP contribution >= 0.6 is 0 Å². The summed E-state index contributed by atoms with van der Waals surface area (Å²) in [6.45, 7) is 3.30. The zero-order valence-corrected chi connectivity index (χ0v) is 12.8. The first-order valence-corrected chi connectivity index (χ1v) is 7.57. The Labute approximate surface area is 126 Å². The van der Waals surface area contributed by atoms with Crippen LogP contribution in [0.25, 0.3) is 0 Å². The van der Waals surface area contributed by atoms with E-state index >= 15 is 0 Å². The maximum atomic E-state index is 12.3. The number of nitrogens with two attached hydrogens (primary N) is 1. The predicted molar refractivity (Wildman–Crippen MR) is 84.6 cm³/mol. The first kappa shape index (κ1) is 15.6. The molecule has 0 aromatic heterocycles. The Hall–Kier alpha value is -1.75. The molecule has 0 radical (unpaired) electrons. The third kappa shape index (κ3) is 4.36. The smallest absolute Gasteiger partial charge is 0.242 e. The minimum absolute atomic E-state index is 0.0809. The van der Waals surface area contributed by atoms with Crippen LogP contribution in [0.15, 0.2) is 24.3 Å². The lowest BCUT2D eigenvalue weighted by atomic mass is 10.2. The van der Waals surface area contributed by atoms with Crippen LogP contribution in [-0.2, 0) is 4.79 Å². The van der Waals surface area contributed by atoms with Crippen molar-refractivity contribution in [2.45, 2.75) is 38.3 Å². The highest BCUT2D eigenvalue weighted by Crippen LogP contribution is 2.24. The molecule has 0 saturated heterocycles. The summed E-state index contributed by atoms with van der Waals surface area (Å²) in [5.74, 6) is 0.873. The van der Waals surface area contributed by atoms with E-state index in [4.69, 9.17) is 10.5 Å². The quantitative estimate of drug-likeness (QED) is 0.762. The van der Waals surface area contributed by atoms with Gasteiger partial charge >= 0.3 is 0 Å². The number of hydrogen-bond donors (Lipinski definition) is 2. The first-order valence-electron chi connectivity index (χ1n) is 7.57. The Balaban J connectivity index is 2.12. The first-order chi connectivity index (χ1) is 10.2. The Morgan fingerprint density at radius 1 is 1.52 bits per heavy atom. The fourth-order valence-corrected chi connectivity index (χ4v) is 2.29. The van der Waals surface area contributed by atoms with Gasteiger partial charge in [0, 0.05) is 24.3 Å². The lowest BCUT2D eigenvalue weighted by molar-refractivity contribution is -0.122. The number of carbonyl (C=O) groups excluding carboxylic acids is 1. The molecule has 1 aromatic carbocycles. The number of rotatable bonds is 8. The largest absolute Gasteiger partial charge is 0.497 e. The van der Waals surface area contributed by atoms with E-state index in [0.717, 1.165) is 37.2 Å². The zero-order valence-electron chi connectivity index (χ0n) is 12.8. The number of hydrogen-bond acceptors (Lipinski definition) is 4. The van der Waals surface area contributed by atoms with Gasteiger partial charge in [0.05, 0.1) is 7.11 Å². The highest BCUT2D eigenvalue weighted by atomic mass is 16.5. The number of methoxy groups -OCH3 is 1. The summed E-state index contributed by atoms with van der Waals surface area (Å²) in [4.78, 5) is 14.4. The van der Waals surface area contributed by atoms with Gasteiger partial charge in [-0.2, -0.15) is 0 Å². The molecule has 116 valence electrons. The van der Waals surface area contributed by atoms with E-state index in [1.54, 1.807) is 7.11 Å². The Kier molecular flexibility index (Phi) is 5.44. The Bertz CT molecular complexity index is 474. The van der Waals surface area contributed by atoms with Gasteiger partial charge in [-0.1, -0.05) is 6.07 Å². The van der Waals surface area contributed by atoms with Crippen molar-refractivity contribution in [1.29, 1.82) is 0 Å². The summed E-state index contributed by atoms with van der Waals surface area (Å²) in [5, 5.41) is 3.07. The van der Waals surface area contributed by atoms with E-state index < -0.39 is 0 Å². The lowest BCUT2D eigenvalue weighted by Gasteiger charge is -2.30. The summed E-state index contributed by atoms with van der Waals surface area (Å²) in [6.07, 6.45) is 3.04. The second-order valence-corrected chi connectivity index (χ2v) is 5.50. The van der Waals surface area contributed by atoms with Gasteiger partial charge in [-0.3, -0.25) is 4.79 Å². The molecule has 1 atom stereocenters. The van der Waals surface area contributed by atoms with E-state index in [1.165, 1.54) is 0 Å². The van der Waals surface area contributed by atoms with Crippen LogP contribution in [0.4, 0.5) is 5.69 Å². The number of anilines is 1. The highest BCUT2D eigenvalue weighted by molar-refractivity contribution is 5.85. The Morgan fingerprint density at radius 3 is 2.90 bits per heavy atom. The van der Waals surface area contributed by atoms with Crippen LogP contribution in [-0.4, -0.2) is 38.2 Å². The predicted octanol–water partition coefficient (Wildman–Crippen LogP) is 1.52. The molecule has 21 heavy (non-hydrogen) atoms. The number of nitrogens with zero attached hydrogens (tertiary/aromatic N) is 1. The van der Waals surface area contributed by atoms with Gasteiger partial charge in [-0.15, -0.1) is 0 Å². The molecular weight excluding hydrogens is 266 g/mol. The topological polar surface area (TPSA) is 67.6 Å². The SMILES string of the molecule is COc1cccc(N(CCCN)C(C)C(=O)NC2CC2)c1. The molecule has 1 aliphatic rings. The molecule has 1 fully saturated rings. The second kappa shape index (κ2) is 7.31. The van der Waals surface area contributed by atoms with Crippen LogP contribution in [0.5, 0.6) is 5.75 Å². The van der Waals surface area contributed by atoms with Crippen molar-refractivity contribution in [3.8, 4) is 5.75 Å². The monoisotopic (exact) mass is 291 g/mol. The van der Waals surface area contributed by atoms with Crippen molar-refractivity contribution in [3.63, 3.8) is 0 Å². The molecule has 0 aliphatic heterocycles. The van der Waals surface area contributed by atoms with Gasteiger partial charge in [-0.05, 0) is 44.9 Å². The van der Waals surface area contributed by atoms with Crippen LogP contribution in [0.1, 0.15) is 26.2 Å². The molecule has 0 bridgehead atoms. The second-order valence-electron chi connectivity index (χ2n) is 5.50. The number of carbonyl (C=O) groups is 1. The average Bonchev–Trinajstić information content (AvgIpc) is 3.31. The third-order valence-electron chi connectivity index (χ3n) is 3.76. The van der Waals surface area contributed by atoms with Crippen LogP contribution < -0.4 is 20.7 Å². The van der Waals surface area contributed by atoms with Gasteiger partial charge < -0.3 is 20.7 Å². The van der Waals surface area contributed by atoms with Crippen LogP contribution in [0, 0.1) is 0 Å². The molecular formula is C16H25N3O2. The third-order valence-corrected chi connectivity index (χ3v) is 3.76. The molecule has 2 rings (SSSR count). The molecule has 5 heteroatoms. The summed E-state index contributed by atoms with van der Waals surface area (Å²) >= 11 is 0. The summed E-state index contributed by atoms with van der Waals surface area (Å²) in [5.41, 5.74) is 6.61. The van der Waals surface area contributed by atoms with Crippen molar-refractivity contribution in [3.05, 3.63) is 24.3 Å². The molecule has 0 heterocycles. The number of nitrogens with one attached hydrogen (secondary N) is 1. The Morgan fingerprint density at radius 2 is 2.29 bits per heavy atom. The molecule has 1 saturated carbocycles. The van der Waals surface area contributed by atoms with E-state index in [1.807, 2.05) is 31.2 Å². The molecule has 1 aliphatic carbocycles. The van der Waals surface area contributed by atoms with Gasteiger partial charge in [0.15, 0.2) is 0 Å². The molecule has 0 spiro atoms. The molecule has 5 nitrogen and oxygen atoms in total. The maximum absolute atomic E-state index is 12.3. The van der Waals surface area contributed by atoms with Crippen molar-refractivity contribution in [2.24, 2.45) is 5.73 Å². The molecule has 1 aromatic rings. The highest BCUT2D eigenvalue weighted by Gasteiger charge is 2.28. The van der Waals surface area contributed by atoms with E-state index in [9.17, 15) is 4.79 Å².